The highest BCUT2D eigenvalue weighted by molar-refractivity contribution is 6.30. The van der Waals surface area contributed by atoms with Crippen LogP contribution < -0.4 is 0 Å². The summed E-state index contributed by atoms with van der Waals surface area (Å²) in [5.74, 6) is 0.318. The molecule has 4 nitrogen and oxygen atoms in total. The van der Waals surface area contributed by atoms with Crippen LogP contribution in [-0.4, -0.2) is 26.3 Å². The highest BCUT2D eigenvalue weighted by Crippen LogP contribution is 2.33. The standard InChI is InChI=1S/C17H22ClN3O/c1-20-11-14(10-19-20)16-5-3-2-4-8-21(16)12-13-9-15(18)6-7-17(13)22/h6-7,9-11,16,22H,2-5,8,12H2,1H3/t16-/m1/s1. The quantitative estimate of drug-likeness (QED) is 0.933. The number of likely N-dealkylation sites (tertiary alicyclic amines) is 1. The molecule has 1 aliphatic heterocycles. The SMILES string of the molecule is Cn1cc([C@H]2CCCCCN2Cc2cc(Cl)ccc2O)cn1. The van der Waals surface area contributed by atoms with Gasteiger partial charge in [0.2, 0.25) is 0 Å². The summed E-state index contributed by atoms with van der Waals surface area (Å²) < 4.78 is 1.86. The predicted molar refractivity (Wildman–Crippen MR) is 87.9 cm³/mol. The maximum absolute atomic E-state index is 10.1. The minimum atomic E-state index is 0.318. The summed E-state index contributed by atoms with van der Waals surface area (Å²) in [4.78, 5) is 2.44. The molecule has 118 valence electrons. The van der Waals surface area contributed by atoms with E-state index in [2.05, 4.69) is 16.2 Å². The van der Waals surface area contributed by atoms with Crippen LogP contribution in [0.5, 0.6) is 5.75 Å². The first-order chi connectivity index (χ1) is 10.6. The second kappa shape index (κ2) is 6.71. The van der Waals surface area contributed by atoms with Gasteiger partial charge in [0, 0.05) is 42.0 Å². The number of hydrogen-bond donors (Lipinski definition) is 1. The van der Waals surface area contributed by atoms with Crippen LogP contribution in [0.1, 0.15) is 42.9 Å². The molecule has 2 aromatic rings. The molecule has 5 heteroatoms. The van der Waals surface area contributed by atoms with Crippen LogP contribution in [0.15, 0.2) is 30.6 Å². The molecule has 0 amide bonds. The van der Waals surface area contributed by atoms with Crippen LogP contribution in [0.2, 0.25) is 5.02 Å². The molecule has 22 heavy (non-hydrogen) atoms. The maximum Gasteiger partial charge on any atom is 0.120 e. The first-order valence-corrected chi connectivity index (χ1v) is 8.21. The molecule has 0 aliphatic carbocycles. The van der Waals surface area contributed by atoms with Crippen molar-refractivity contribution in [3.05, 3.63) is 46.7 Å². The van der Waals surface area contributed by atoms with E-state index in [0.29, 0.717) is 23.4 Å². The highest BCUT2D eigenvalue weighted by atomic mass is 35.5. The van der Waals surface area contributed by atoms with Crippen molar-refractivity contribution in [1.82, 2.24) is 14.7 Å². The minimum absolute atomic E-state index is 0.318. The topological polar surface area (TPSA) is 41.3 Å². The van der Waals surface area contributed by atoms with Crippen molar-refractivity contribution in [2.75, 3.05) is 6.54 Å². The molecular formula is C17H22ClN3O. The summed E-state index contributed by atoms with van der Waals surface area (Å²) in [6.45, 7) is 1.75. The maximum atomic E-state index is 10.1. The number of phenolic OH excluding ortho intramolecular Hbond substituents is 1. The Morgan fingerprint density at radius 3 is 2.95 bits per heavy atom. The van der Waals surface area contributed by atoms with Crippen molar-refractivity contribution in [3.8, 4) is 5.75 Å². The fourth-order valence-electron chi connectivity index (χ4n) is 3.25. The first kappa shape index (κ1) is 15.4. The second-order valence-corrected chi connectivity index (χ2v) is 6.49. The zero-order chi connectivity index (χ0) is 15.5. The van der Waals surface area contributed by atoms with Crippen LogP contribution in [0.4, 0.5) is 0 Å². The molecule has 2 heterocycles. The van der Waals surface area contributed by atoms with Gasteiger partial charge in [-0.05, 0) is 37.6 Å². The van der Waals surface area contributed by atoms with E-state index in [1.807, 2.05) is 24.0 Å². The Morgan fingerprint density at radius 2 is 2.18 bits per heavy atom. The van der Waals surface area contributed by atoms with Crippen LogP contribution >= 0.6 is 11.6 Å². The third-order valence-electron chi connectivity index (χ3n) is 4.39. The Morgan fingerprint density at radius 1 is 1.32 bits per heavy atom. The number of nitrogens with zero attached hydrogens (tertiary/aromatic N) is 3. The van der Waals surface area contributed by atoms with Crippen molar-refractivity contribution in [2.45, 2.75) is 38.3 Å². The van der Waals surface area contributed by atoms with E-state index < -0.39 is 0 Å². The van der Waals surface area contributed by atoms with Gasteiger partial charge < -0.3 is 5.11 Å². The molecule has 1 aromatic heterocycles. The monoisotopic (exact) mass is 319 g/mol. The van der Waals surface area contributed by atoms with Crippen molar-refractivity contribution in [2.24, 2.45) is 7.05 Å². The van der Waals surface area contributed by atoms with E-state index in [0.717, 1.165) is 18.5 Å². The van der Waals surface area contributed by atoms with Gasteiger partial charge in [0.25, 0.3) is 0 Å². The Hall–Kier alpha value is -1.52. The number of rotatable bonds is 3. The van der Waals surface area contributed by atoms with Gasteiger partial charge in [-0.3, -0.25) is 9.58 Å². The normalized spacial score (nSPS) is 20.0. The van der Waals surface area contributed by atoms with Crippen molar-refractivity contribution in [3.63, 3.8) is 0 Å². The summed E-state index contributed by atoms with van der Waals surface area (Å²) >= 11 is 6.08. The van der Waals surface area contributed by atoms with Gasteiger partial charge in [0.05, 0.1) is 6.20 Å². The lowest BCUT2D eigenvalue weighted by molar-refractivity contribution is 0.190. The molecule has 0 spiro atoms. The molecule has 1 N–H and O–H groups in total. The zero-order valence-corrected chi connectivity index (χ0v) is 13.6. The van der Waals surface area contributed by atoms with Crippen molar-refractivity contribution < 1.29 is 5.11 Å². The fraction of sp³-hybridized carbons (Fsp3) is 0.471. The molecule has 0 unspecified atom stereocenters. The number of phenols is 1. The number of benzene rings is 1. The largest absolute Gasteiger partial charge is 0.508 e. The highest BCUT2D eigenvalue weighted by Gasteiger charge is 2.24. The molecule has 0 saturated carbocycles. The molecule has 1 saturated heterocycles. The number of aromatic hydroxyl groups is 1. The van der Waals surface area contributed by atoms with Gasteiger partial charge in [0.1, 0.15) is 5.75 Å². The number of aromatic nitrogens is 2. The minimum Gasteiger partial charge on any atom is -0.508 e. The lowest BCUT2D eigenvalue weighted by Crippen LogP contribution is -2.28. The van der Waals surface area contributed by atoms with Crippen LogP contribution in [-0.2, 0) is 13.6 Å². The van der Waals surface area contributed by atoms with Gasteiger partial charge in [-0.2, -0.15) is 5.10 Å². The molecule has 3 rings (SSSR count). The molecule has 1 atom stereocenters. The van der Waals surface area contributed by atoms with E-state index in [9.17, 15) is 5.11 Å². The van der Waals surface area contributed by atoms with E-state index in [-0.39, 0.29) is 0 Å². The molecule has 1 aromatic carbocycles. The number of halogens is 1. The van der Waals surface area contributed by atoms with Gasteiger partial charge >= 0.3 is 0 Å². The summed E-state index contributed by atoms with van der Waals surface area (Å²) in [5.41, 5.74) is 2.15. The Kier molecular flexibility index (Phi) is 4.69. The Bertz CT molecular complexity index is 641. The Balaban J connectivity index is 1.85. The van der Waals surface area contributed by atoms with Crippen LogP contribution in [0.3, 0.4) is 0 Å². The molecule has 1 fully saturated rings. The lowest BCUT2D eigenvalue weighted by atomic mass is 10.0. The zero-order valence-electron chi connectivity index (χ0n) is 12.9. The lowest BCUT2D eigenvalue weighted by Gasteiger charge is -2.29. The second-order valence-electron chi connectivity index (χ2n) is 6.06. The van der Waals surface area contributed by atoms with E-state index in [4.69, 9.17) is 11.6 Å². The third kappa shape index (κ3) is 3.45. The summed E-state index contributed by atoms with van der Waals surface area (Å²) in [6.07, 6.45) is 8.87. The van der Waals surface area contributed by atoms with E-state index >= 15 is 0 Å². The van der Waals surface area contributed by atoms with Crippen LogP contribution in [0, 0.1) is 0 Å². The summed E-state index contributed by atoms with van der Waals surface area (Å²) in [6, 6.07) is 5.62. The molecule has 0 bridgehead atoms. The molecule has 1 aliphatic rings. The number of hydrogen-bond acceptors (Lipinski definition) is 3. The predicted octanol–water partition coefficient (Wildman–Crippen LogP) is 3.90. The fourth-order valence-corrected chi connectivity index (χ4v) is 3.44. The van der Waals surface area contributed by atoms with Gasteiger partial charge in [0.15, 0.2) is 0 Å². The smallest absolute Gasteiger partial charge is 0.120 e. The van der Waals surface area contributed by atoms with Crippen molar-refractivity contribution in [1.29, 1.82) is 0 Å². The summed E-state index contributed by atoms with van der Waals surface area (Å²) in [5, 5.41) is 15.1. The average Bonchev–Trinajstić information content (AvgIpc) is 2.78. The first-order valence-electron chi connectivity index (χ1n) is 7.83. The molecular weight excluding hydrogens is 298 g/mol. The third-order valence-corrected chi connectivity index (χ3v) is 4.62. The van der Waals surface area contributed by atoms with E-state index in [1.165, 1.54) is 24.8 Å². The molecule has 0 radical (unpaired) electrons. The van der Waals surface area contributed by atoms with E-state index in [1.54, 1.807) is 12.1 Å². The Labute approximate surface area is 136 Å². The summed E-state index contributed by atoms with van der Waals surface area (Å²) in [7, 11) is 1.95. The number of aryl methyl sites for hydroxylation is 1. The van der Waals surface area contributed by atoms with Gasteiger partial charge in [-0.1, -0.05) is 24.4 Å². The van der Waals surface area contributed by atoms with Gasteiger partial charge in [-0.15, -0.1) is 0 Å². The van der Waals surface area contributed by atoms with Crippen LogP contribution in [0.25, 0.3) is 0 Å². The van der Waals surface area contributed by atoms with Gasteiger partial charge in [-0.25, -0.2) is 0 Å². The average molecular weight is 320 g/mol. The van der Waals surface area contributed by atoms with Crippen molar-refractivity contribution >= 4 is 11.6 Å².